The Morgan fingerprint density at radius 1 is 1.05 bits per heavy atom. The van der Waals surface area contributed by atoms with Gasteiger partial charge in [-0.1, -0.05) is 35.3 Å². The van der Waals surface area contributed by atoms with Gasteiger partial charge in [-0.2, -0.15) is 0 Å². The van der Waals surface area contributed by atoms with Gasteiger partial charge in [-0.3, -0.25) is 0 Å². The van der Waals surface area contributed by atoms with Gasteiger partial charge in [0.05, 0.1) is 11.6 Å². The second kappa shape index (κ2) is 6.24. The van der Waals surface area contributed by atoms with Crippen LogP contribution < -0.4 is 4.74 Å². The van der Waals surface area contributed by atoms with Crippen molar-refractivity contribution in [2.24, 2.45) is 0 Å². The highest BCUT2D eigenvalue weighted by Gasteiger charge is 2.09. The van der Waals surface area contributed by atoms with Crippen molar-refractivity contribution >= 4 is 23.2 Å². The highest BCUT2D eigenvalue weighted by molar-refractivity contribution is 6.32. The van der Waals surface area contributed by atoms with Crippen LogP contribution in [0.5, 0.6) is 5.75 Å². The summed E-state index contributed by atoms with van der Waals surface area (Å²) in [6, 6.07) is 9.13. The van der Waals surface area contributed by atoms with E-state index in [0.29, 0.717) is 26.9 Å². The Morgan fingerprint density at radius 2 is 1.84 bits per heavy atom. The average molecular weight is 301 g/mol. The molecule has 0 aromatic heterocycles. The summed E-state index contributed by atoms with van der Waals surface area (Å²) in [5.74, 6) is -0.00321. The van der Waals surface area contributed by atoms with E-state index in [-0.39, 0.29) is 19.0 Å². The summed E-state index contributed by atoms with van der Waals surface area (Å²) < 4.78 is 18.7. The maximum absolute atomic E-state index is 13.1. The predicted octanol–water partition coefficient (Wildman–Crippen LogP) is 4.20. The lowest BCUT2D eigenvalue weighted by Crippen LogP contribution is -2.00. The highest BCUT2D eigenvalue weighted by Crippen LogP contribution is 2.30. The summed E-state index contributed by atoms with van der Waals surface area (Å²) in [7, 11) is 0. The van der Waals surface area contributed by atoms with Gasteiger partial charge in [0.2, 0.25) is 0 Å². The van der Waals surface area contributed by atoms with Crippen molar-refractivity contribution < 1.29 is 14.2 Å². The highest BCUT2D eigenvalue weighted by atomic mass is 35.5. The van der Waals surface area contributed by atoms with E-state index in [1.54, 1.807) is 18.2 Å². The Labute approximate surface area is 120 Å². The van der Waals surface area contributed by atoms with Crippen molar-refractivity contribution in [1.29, 1.82) is 0 Å². The smallest absolute Gasteiger partial charge is 0.143 e. The molecule has 2 rings (SSSR count). The number of hydrogen-bond donors (Lipinski definition) is 1. The number of ether oxygens (including phenoxy) is 1. The van der Waals surface area contributed by atoms with Crippen molar-refractivity contribution in [3.8, 4) is 5.75 Å². The van der Waals surface area contributed by atoms with Crippen molar-refractivity contribution in [1.82, 2.24) is 0 Å². The number of aliphatic hydroxyl groups excluding tert-OH is 1. The van der Waals surface area contributed by atoms with Crippen molar-refractivity contribution in [2.45, 2.75) is 13.2 Å². The van der Waals surface area contributed by atoms with Gasteiger partial charge in [0.15, 0.2) is 0 Å². The van der Waals surface area contributed by atoms with Crippen LogP contribution in [-0.4, -0.2) is 5.11 Å². The molecule has 5 heteroatoms. The maximum atomic E-state index is 13.1. The molecule has 0 spiro atoms. The Kier molecular flexibility index (Phi) is 4.64. The molecule has 0 aliphatic rings. The van der Waals surface area contributed by atoms with Crippen LogP contribution in [0.15, 0.2) is 36.4 Å². The second-order valence-electron chi connectivity index (χ2n) is 3.91. The average Bonchev–Trinajstić information content (AvgIpc) is 2.40. The zero-order valence-electron chi connectivity index (χ0n) is 9.87. The van der Waals surface area contributed by atoms with E-state index in [9.17, 15) is 9.50 Å². The summed E-state index contributed by atoms with van der Waals surface area (Å²) in [6.07, 6.45) is 0. The van der Waals surface area contributed by atoms with Gasteiger partial charge in [0, 0.05) is 16.1 Å². The summed E-state index contributed by atoms with van der Waals surface area (Å²) in [5, 5.41) is 10.0. The topological polar surface area (TPSA) is 29.5 Å². The normalized spacial score (nSPS) is 10.5. The fourth-order valence-electron chi connectivity index (χ4n) is 1.64. The van der Waals surface area contributed by atoms with Crippen molar-refractivity contribution in [2.75, 3.05) is 0 Å². The van der Waals surface area contributed by atoms with E-state index in [2.05, 4.69) is 0 Å². The van der Waals surface area contributed by atoms with Gasteiger partial charge in [0.25, 0.3) is 0 Å². The van der Waals surface area contributed by atoms with Crippen LogP contribution in [0.2, 0.25) is 10.0 Å². The molecule has 0 unspecified atom stereocenters. The first-order chi connectivity index (χ1) is 9.11. The largest absolute Gasteiger partial charge is 0.487 e. The van der Waals surface area contributed by atoms with Gasteiger partial charge in [-0.05, 0) is 24.3 Å². The van der Waals surface area contributed by atoms with Gasteiger partial charge < -0.3 is 9.84 Å². The predicted molar refractivity (Wildman–Crippen MR) is 73.1 cm³/mol. The lowest BCUT2D eigenvalue weighted by molar-refractivity contribution is 0.259. The molecule has 0 atom stereocenters. The minimum Gasteiger partial charge on any atom is -0.487 e. The summed E-state index contributed by atoms with van der Waals surface area (Å²) >= 11 is 11.9. The minimum absolute atomic E-state index is 0.0767. The first-order valence-electron chi connectivity index (χ1n) is 5.57. The summed E-state index contributed by atoms with van der Waals surface area (Å²) in [6.45, 7) is -0.111. The minimum atomic E-state index is -0.385. The molecule has 0 saturated heterocycles. The van der Waals surface area contributed by atoms with Gasteiger partial charge >= 0.3 is 0 Å². The van der Waals surface area contributed by atoms with Crippen LogP contribution in [0.4, 0.5) is 4.39 Å². The number of rotatable bonds is 4. The molecular formula is C14H11Cl2FO2. The first kappa shape index (κ1) is 14.1. The van der Waals surface area contributed by atoms with E-state index in [1.165, 1.54) is 18.2 Å². The fraction of sp³-hybridized carbons (Fsp3) is 0.143. The number of halogens is 3. The molecule has 0 amide bonds. The van der Waals surface area contributed by atoms with E-state index >= 15 is 0 Å². The molecule has 2 aromatic rings. The quantitative estimate of drug-likeness (QED) is 0.917. The second-order valence-corrected chi connectivity index (χ2v) is 4.73. The zero-order valence-corrected chi connectivity index (χ0v) is 11.4. The molecule has 2 nitrogen and oxygen atoms in total. The Balaban J connectivity index is 2.21. The van der Waals surface area contributed by atoms with Gasteiger partial charge in [-0.25, -0.2) is 4.39 Å². The molecular weight excluding hydrogens is 290 g/mol. The third-order valence-electron chi connectivity index (χ3n) is 2.60. The molecule has 19 heavy (non-hydrogen) atoms. The molecule has 0 aliphatic heterocycles. The summed E-state index contributed by atoms with van der Waals surface area (Å²) in [4.78, 5) is 0. The molecule has 1 N–H and O–H groups in total. The lowest BCUT2D eigenvalue weighted by atomic mass is 10.2. The molecule has 0 aliphatic carbocycles. The van der Waals surface area contributed by atoms with Crippen LogP contribution in [0.1, 0.15) is 11.1 Å². The van der Waals surface area contributed by atoms with E-state index in [0.717, 1.165) is 0 Å². The van der Waals surface area contributed by atoms with E-state index in [4.69, 9.17) is 27.9 Å². The standard InChI is InChI=1S/C14H11Cl2FO2/c15-12-5-4-11(17)6-10(12)8-19-14-9(7-18)2-1-3-13(14)16/h1-6,18H,7-8H2. The van der Waals surface area contributed by atoms with Gasteiger partial charge in [0.1, 0.15) is 18.2 Å². The number of hydrogen-bond acceptors (Lipinski definition) is 2. The lowest BCUT2D eigenvalue weighted by Gasteiger charge is -2.12. The van der Waals surface area contributed by atoms with Crippen molar-refractivity contribution in [3.63, 3.8) is 0 Å². The Hall–Kier alpha value is -1.29. The molecule has 0 fully saturated rings. The number of para-hydroxylation sites is 1. The zero-order chi connectivity index (χ0) is 13.8. The monoisotopic (exact) mass is 300 g/mol. The van der Waals surface area contributed by atoms with Crippen LogP contribution in [0, 0.1) is 5.82 Å². The van der Waals surface area contributed by atoms with E-state index < -0.39 is 0 Å². The first-order valence-corrected chi connectivity index (χ1v) is 6.32. The molecule has 0 bridgehead atoms. The van der Waals surface area contributed by atoms with Crippen molar-refractivity contribution in [3.05, 3.63) is 63.4 Å². The van der Waals surface area contributed by atoms with Crippen LogP contribution in [-0.2, 0) is 13.2 Å². The van der Waals surface area contributed by atoms with Crippen LogP contribution >= 0.6 is 23.2 Å². The summed E-state index contributed by atoms with van der Waals surface area (Å²) in [5.41, 5.74) is 1.09. The SMILES string of the molecule is OCc1cccc(Cl)c1OCc1cc(F)ccc1Cl. The van der Waals surface area contributed by atoms with Crippen LogP contribution in [0.3, 0.4) is 0 Å². The third kappa shape index (κ3) is 3.38. The fourth-order valence-corrected chi connectivity index (χ4v) is 2.06. The Bertz CT molecular complexity index is 588. The maximum Gasteiger partial charge on any atom is 0.143 e. The third-order valence-corrected chi connectivity index (χ3v) is 3.27. The Morgan fingerprint density at radius 3 is 2.58 bits per heavy atom. The number of benzene rings is 2. The molecule has 2 aromatic carbocycles. The molecule has 100 valence electrons. The number of aliphatic hydroxyl groups is 1. The molecule has 0 heterocycles. The molecule has 0 radical (unpaired) electrons. The van der Waals surface area contributed by atoms with Gasteiger partial charge in [-0.15, -0.1) is 0 Å². The van der Waals surface area contributed by atoms with E-state index in [1.807, 2.05) is 0 Å². The molecule has 0 saturated carbocycles. The van der Waals surface area contributed by atoms with Crippen LogP contribution in [0.25, 0.3) is 0 Å².